The number of thiazole rings is 1. The molecule has 8 heteroatoms. The lowest BCUT2D eigenvalue weighted by Crippen LogP contribution is -2.51. The van der Waals surface area contributed by atoms with Crippen LogP contribution in [0.4, 0.5) is 5.13 Å². The third kappa shape index (κ3) is 3.61. The van der Waals surface area contributed by atoms with Crippen LogP contribution in [0.5, 0.6) is 0 Å². The second-order valence-corrected chi connectivity index (χ2v) is 8.25. The summed E-state index contributed by atoms with van der Waals surface area (Å²) in [6, 6.07) is 8.66. The number of nitrogens with zero attached hydrogens (tertiary/aromatic N) is 4. The predicted molar refractivity (Wildman–Crippen MR) is 108 cm³/mol. The molecule has 1 fully saturated rings. The Balaban J connectivity index is 1.34. The zero-order valence-corrected chi connectivity index (χ0v) is 16.7. The molecule has 1 aliphatic carbocycles. The highest BCUT2D eigenvalue weighted by Gasteiger charge is 2.36. The Labute approximate surface area is 166 Å². The predicted octanol–water partition coefficient (Wildman–Crippen LogP) is 3.94. The topological polar surface area (TPSA) is 71.0 Å². The van der Waals surface area contributed by atoms with Crippen LogP contribution >= 0.6 is 22.9 Å². The highest BCUT2D eigenvalue weighted by molar-refractivity contribution is 7.22. The van der Waals surface area contributed by atoms with Crippen LogP contribution in [-0.4, -0.2) is 44.9 Å². The number of carbonyl (C=O) groups excluding carboxylic acids is 1. The molecule has 4 rings (SSSR count). The van der Waals surface area contributed by atoms with Crippen LogP contribution in [0.3, 0.4) is 0 Å². The van der Waals surface area contributed by atoms with E-state index in [1.54, 1.807) is 17.5 Å². The van der Waals surface area contributed by atoms with Crippen LogP contribution in [0.1, 0.15) is 31.4 Å². The number of hydrogen-bond donors (Lipinski definition) is 1. The summed E-state index contributed by atoms with van der Waals surface area (Å²) in [6.07, 6.45) is 4.89. The molecule has 1 atom stereocenters. The van der Waals surface area contributed by atoms with Gasteiger partial charge in [-0.15, -0.1) is 0 Å². The van der Waals surface area contributed by atoms with E-state index >= 15 is 0 Å². The number of hydrogen-bond acceptors (Lipinski definition) is 6. The van der Waals surface area contributed by atoms with Crippen LogP contribution < -0.4 is 5.32 Å². The van der Waals surface area contributed by atoms with Crippen molar-refractivity contribution in [3.05, 3.63) is 47.5 Å². The number of anilines is 1. The first-order valence-electron chi connectivity index (χ1n) is 8.88. The van der Waals surface area contributed by atoms with Gasteiger partial charge in [0.2, 0.25) is 5.91 Å². The van der Waals surface area contributed by atoms with E-state index in [1.807, 2.05) is 37.1 Å². The summed E-state index contributed by atoms with van der Waals surface area (Å²) in [5.74, 6) is -0.395. The zero-order chi connectivity index (χ0) is 19.0. The maximum Gasteiger partial charge on any atom is 0.231 e. The molecule has 2 heterocycles. The second kappa shape index (κ2) is 7.40. The van der Waals surface area contributed by atoms with Crippen LogP contribution in [0.2, 0.25) is 5.15 Å². The normalized spacial score (nSPS) is 20.1. The Bertz CT molecular complexity index is 938. The number of aromatic nitrogens is 3. The third-order valence-corrected chi connectivity index (χ3v) is 6.35. The van der Waals surface area contributed by atoms with Gasteiger partial charge >= 0.3 is 0 Å². The molecule has 1 aromatic carbocycles. The van der Waals surface area contributed by atoms with Gasteiger partial charge in [-0.1, -0.05) is 35.1 Å². The summed E-state index contributed by atoms with van der Waals surface area (Å²) in [5, 5.41) is 4.71. The lowest BCUT2D eigenvalue weighted by Gasteiger charge is -2.42. The first-order chi connectivity index (χ1) is 13.0. The molecule has 1 N–H and O–H groups in total. The van der Waals surface area contributed by atoms with Crippen LogP contribution in [0.15, 0.2) is 36.7 Å². The quantitative estimate of drug-likeness (QED) is 0.701. The van der Waals surface area contributed by atoms with E-state index in [0.29, 0.717) is 11.7 Å². The molecular formula is C19H20ClN5OS. The van der Waals surface area contributed by atoms with Crippen LogP contribution in [0, 0.1) is 0 Å². The average Bonchev–Trinajstić information content (AvgIpc) is 3.05. The highest BCUT2D eigenvalue weighted by Crippen LogP contribution is 2.33. The standard InChI is InChI=1S/C19H20ClN5OS/c1-11(16-17(20)22-8-7-21-16)18(26)25(2)13-9-12(10-13)23-19-24-14-5-3-4-6-15(14)27-19/h3-8,11-13H,9-10H2,1-2H3,(H,23,24). The highest BCUT2D eigenvalue weighted by atomic mass is 35.5. The van der Waals surface area contributed by atoms with Crippen molar-refractivity contribution in [2.24, 2.45) is 0 Å². The fraction of sp³-hybridized carbons (Fsp3) is 0.368. The van der Waals surface area contributed by atoms with Crippen molar-refractivity contribution in [2.45, 2.75) is 37.8 Å². The summed E-state index contributed by atoms with van der Waals surface area (Å²) in [7, 11) is 1.85. The summed E-state index contributed by atoms with van der Waals surface area (Å²) in [4.78, 5) is 27.4. The smallest absolute Gasteiger partial charge is 0.231 e. The van der Waals surface area contributed by atoms with Gasteiger partial charge in [0, 0.05) is 31.5 Å². The Hall–Kier alpha value is -2.25. The van der Waals surface area contributed by atoms with Crippen molar-refractivity contribution in [3.63, 3.8) is 0 Å². The SMILES string of the molecule is CC(C(=O)N(C)C1CC(Nc2nc3ccccc3s2)C1)c1nccnc1Cl. The molecular weight excluding hydrogens is 382 g/mol. The van der Waals surface area contributed by atoms with E-state index in [-0.39, 0.29) is 17.1 Å². The molecule has 3 aromatic rings. The summed E-state index contributed by atoms with van der Waals surface area (Å²) >= 11 is 7.74. The lowest BCUT2D eigenvalue weighted by molar-refractivity contribution is -0.134. The van der Waals surface area contributed by atoms with Crippen molar-refractivity contribution >= 4 is 44.2 Å². The van der Waals surface area contributed by atoms with E-state index in [2.05, 4.69) is 26.3 Å². The number of likely N-dealkylation sites (N-methyl/N-ethyl adjacent to an activating group) is 1. The first kappa shape index (κ1) is 18.1. The molecule has 0 spiro atoms. The van der Waals surface area contributed by atoms with Gasteiger partial charge in [0.25, 0.3) is 0 Å². The van der Waals surface area contributed by atoms with Gasteiger partial charge < -0.3 is 10.2 Å². The Morgan fingerprint density at radius 1 is 1.30 bits per heavy atom. The van der Waals surface area contributed by atoms with Gasteiger partial charge in [-0.25, -0.2) is 9.97 Å². The third-order valence-electron chi connectivity index (χ3n) is 5.09. The minimum atomic E-state index is -0.410. The molecule has 1 amide bonds. The maximum absolute atomic E-state index is 12.8. The molecule has 6 nitrogen and oxygen atoms in total. The Morgan fingerprint density at radius 2 is 2.04 bits per heavy atom. The van der Waals surface area contributed by atoms with Crippen molar-refractivity contribution in [1.82, 2.24) is 19.9 Å². The van der Waals surface area contributed by atoms with Gasteiger partial charge in [-0.05, 0) is 31.9 Å². The van der Waals surface area contributed by atoms with Crippen LogP contribution in [0.25, 0.3) is 10.2 Å². The lowest BCUT2D eigenvalue weighted by atomic mass is 9.85. The summed E-state index contributed by atoms with van der Waals surface area (Å²) in [6.45, 7) is 1.82. The van der Waals surface area contributed by atoms with Crippen molar-refractivity contribution in [3.8, 4) is 0 Å². The van der Waals surface area contributed by atoms with Gasteiger partial charge in [-0.2, -0.15) is 0 Å². The Morgan fingerprint density at radius 3 is 2.78 bits per heavy atom. The van der Waals surface area contributed by atoms with Crippen molar-refractivity contribution < 1.29 is 4.79 Å². The minimum Gasteiger partial charge on any atom is -0.359 e. The maximum atomic E-state index is 12.8. The fourth-order valence-electron chi connectivity index (χ4n) is 3.36. The van der Waals surface area contributed by atoms with Gasteiger partial charge in [0.15, 0.2) is 10.3 Å². The van der Waals surface area contributed by atoms with Gasteiger partial charge in [0.1, 0.15) is 0 Å². The average molecular weight is 402 g/mol. The number of halogens is 1. The molecule has 1 aliphatic rings. The molecule has 0 radical (unpaired) electrons. The monoisotopic (exact) mass is 401 g/mol. The number of carbonyl (C=O) groups is 1. The van der Waals surface area contributed by atoms with E-state index < -0.39 is 5.92 Å². The van der Waals surface area contributed by atoms with E-state index in [9.17, 15) is 4.79 Å². The summed E-state index contributed by atoms with van der Waals surface area (Å²) in [5.41, 5.74) is 1.54. The number of amides is 1. The molecule has 140 valence electrons. The van der Waals surface area contributed by atoms with Crippen LogP contribution in [-0.2, 0) is 4.79 Å². The largest absolute Gasteiger partial charge is 0.359 e. The Kier molecular flexibility index (Phi) is 4.97. The minimum absolute atomic E-state index is 0.0147. The molecule has 27 heavy (non-hydrogen) atoms. The van der Waals surface area contributed by atoms with Crippen molar-refractivity contribution in [1.29, 1.82) is 0 Å². The van der Waals surface area contributed by atoms with E-state index in [0.717, 1.165) is 23.5 Å². The molecule has 1 unspecified atom stereocenters. The second-order valence-electron chi connectivity index (χ2n) is 6.86. The number of benzene rings is 1. The molecule has 1 saturated carbocycles. The molecule has 0 bridgehead atoms. The van der Waals surface area contributed by atoms with Gasteiger partial charge in [-0.3, -0.25) is 9.78 Å². The summed E-state index contributed by atoms with van der Waals surface area (Å²) < 4.78 is 1.18. The molecule has 2 aromatic heterocycles. The molecule has 0 saturated heterocycles. The molecule has 0 aliphatic heterocycles. The van der Waals surface area contributed by atoms with E-state index in [4.69, 9.17) is 11.6 Å². The number of fused-ring (bicyclic) bond motifs is 1. The number of nitrogens with one attached hydrogen (secondary N) is 1. The van der Waals surface area contributed by atoms with Gasteiger partial charge in [0.05, 0.1) is 21.8 Å². The van der Waals surface area contributed by atoms with Crippen molar-refractivity contribution in [2.75, 3.05) is 12.4 Å². The fourth-order valence-corrected chi connectivity index (χ4v) is 4.57. The number of para-hydroxylation sites is 1. The zero-order valence-electron chi connectivity index (χ0n) is 15.1. The van der Waals surface area contributed by atoms with E-state index in [1.165, 1.54) is 10.9 Å². The first-order valence-corrected chi connectivity index (χ1v) is 10.1. The number of rotatable bonds is 5.